The molecule has 0 saturated heterocycles. The van der Waals surface area contributed by atoms with Gasteiger partial charge in [0.05, 0.1) is 12.6 Å². The van der Waals surface area contributed by atoms with Crippen LogP contribution in [-0.2, 0) is 16.1 Å². The highest BCUT2D eigenvalue weighted by atomic mass is 16.5. The molecule has 1 amide bonds. The van der Waals surface area contributed by atoms with E-state index in [9.17, 15) is 4.79 Å². The lowest BCUT2D eigenvalue weighted by Crippen LogP contribution is -2.28. The Morgan fingerprint density at radius 1 is 1.58 bits per heavy atom. The van der Waals surface area contributed by atoms with E-state index in [2.05, 4.69) is 15.5 Å². The van der Waals surface area contributed by atoms with Crippen molar-refractivity contribution in [2.75, 3.05) is 13.7 Å². The largest absolute Gasteiger partial charge is 0.383 e. The molecule has 0 aromatic carbocycles. The van der Waals surface area contributed by atoms with Gasteiger partial charge in [-0.25, -0.2) is 0 Å². The average Bonchev–Trinajstić information content (AvgIpc) is 2.85. The highest BCUT2D eigenvalue weighted by molar-refractivity contribution is 5.77. The maximum Gasteiger partial charge on any atom is 0.224 e. The van der Waals surface area contributed by atoms with E-state index in [0.717, 1.165) is 12.2 Å². The second-order valence-electron chi connectivity index (χ2n) is 4.25. The second kappa shape index (κ2) is 8.42. The molecule has 1 rings (SSSR count). The molecule has 0 spiro atoms. The van der Waals surface area contributed by atoms with E-state index in [1.807, 2.05) is 30.6 Å². The van der Waals surface area contributed by atoms with Gasteiger partial charge in [0, 0.05) is 20.1 Å². The van der Waals surface area contributed by atoms with Gasteiger partial charge in [0.15, 0.2) is 5.82 Å². The monoisotopic (exact) mass is 266 g/mol. The van der Waals surface area contributed by atoms with Gasteiger partial charge in [0.1, 0.15) is 6.33 Å². The minimum Gasteiger partial charge on any atom is -0.383 e. The summed E-state index contributed by atoms with van der Waals surface area (Å²) >= 11 is 0. The Kier molecular flexibility index (Phi) is 6.81. The molecule has 0 saturated carbocycles. The van der Waals surface area contributed by atoms with Crippen molar-refractivity contribution in [2.24, 2.45) is 0 Å². The fourth-order valence-electron chi connectivity index (χ4n) is 1.68. The molecule has 1 aromatic rings. The lowest BCUT2D eigenvalue weighted by molar-refractivity contribution is -0.120. The maximum atomic E-state index is 11.7. The minimum absolute atomic E-state index is 0.0153. The molecule has 6 heteroatoms. The molecule has 0 aliphatic heterocycles. The third-order valence-corrected chi connectivity index (χ3v) is 2.65. The highest BCUT2D eigenvalue weighted by Crippen LogP contribution is 2.09. The van der Waals surface area contributed by atoms with Crippen LogP contribution in [-0.4, -0.2) is 34.4 Å². The number of nitrogens with zero attached hydrogens (tertiary/aromatic N) is 3. The van der Waals surface area contributed by atoms with Crippen molar-refractivity contribution in [1.29, 1.82) is 0 Å². The van der Waals surface area contributed by atoms with Gasteiger partial charge in [-0.3, -0.25) is 4.79 Å². The molecule has 0 aliphatic rings. The molecule has 1 unspecified atom stereocenters. The van der Waals surface area contributed by atoms with Gasteiger partial charge in [-0.05, 0) is 13.3 Å². The Morgan fingerprint density at radius 3 is 3.05 bits per heavy atom. The molecule has 1 atom stereocenters. The van der Waals surface area contributed by atoms with E-state index in [1.165, 1.54) is 0 Å². The van der Waals surface area contributed by atoms with E-state index in [4.69, 9.17) is 4.74 Å². The molecule has 106 valence electrons. The normalized spacial score (nSPS) is 12.8. The van der Waals surface area contributed by atoms with Crippen molar-refractivity contribution in [2.45, 2.75) is 39.3 Å². The van der Waals surface area contributed by atoms with Crippen LogP contribution in [0.15, 0.2) is 18.5 Å². The van der Waals surface area contributed by atoms with E-state index >= 15 is 0 Å². The van der Waals surface area contributed by atoms with E-state index in [1.54, 1.807) is 13.4 Å². The lowest BCUT2D eigenvalue weighted by atomic mass is 10.2. The number of aromatic nitrogens is 3. The van der Waals surface area contributed by atoms with Gasteiger partial charge >= 0.3 is 0 Å². The summed E-state index contributed by atoms with van der Waals surface area (Å²) in [5, 5.41) is 10.8. The first-order valence-electron chi connectivity index (χ1n) is 6.50. The first-order chi connectivity index (χ1) is 9.19. The number of carbonyl (C=O) groups is 1. The Morgan fingerprint density at radius 2 is 2.37 bits per heavy atom. The van der Waals surface area contributed by atoms with Gasteiger partial charge in [0.25, 0.3) is 0 Å². The number of amides is 1. The van der Waals surface area contributed by atoms with Crippen LogP contribution in [0.3, 0.4) is 0 Å². The third kappa shape index (κ3) is 5.21. The topological polar surface area (TPSA) is 69.0 Å². The number of ether oxygens (including phenoxy) is 1. The van der Waals surface area contributed by atoms with Crippen LogP contribution in [0, 0.1) is 0 Å². The third-order valence-electron chi connectivity index (χ3n) is 2.65. The molecular formula is C13H22N4O2. The van der Waals surface area contributed by atoms with Gasteiger partial charge < -0.3 is 14.6 Å². The Bertz CT molecular complexity index is 415. The molecule has 1 heterocycles. The number of allylic oxidation sites excluding steroid dienone is 1. The van der Waals surface area contributed by atoms with Gasteiger partial charge in [0.2, 0.25) is 5.91 Å². The first-order valence-corrected chi connectivity index (χ1v) is 6.50. The predicted octanol–water partition coefficient (Wildman–Crippen LogP) is 1.46. The molecule has 0 bridgehead atoms. The van der Waals surface area contributed by atoms with Crippen LogP contribution in [0.1, 0.15) is 38.6 Å². The number of rotatable bonds is 8. The van der Waals surface area contributed by atoms with Crippen LogP contribution in [0.5, 0.6) is 0 Å². The summed E-state index contributed by atoms with van der Waals surface area (Å²) in [6.45, 7) is 5.20. The summed E-state index contributed by atoms with van der Waals surface area (Å²) in [6.07, 6.45) is 6.83. The summed E-state index contributed by atoms with van der Waals surface area (Å²) in [6, 6.07) is -0.165. The zero-order valence-corrected chi connectivity index (χ0v) is 11.8. The van der Waals surface area contributed by atoms with Crippen LogP contribution in [0.2, 0.25) is 0 Å². The molecule has 1 N–H and O–H groups in total. The quantitative estimate of drug-likeness (QED) is 0.723. The Balaban J connectivity index is 2.52. The van der Waals surface area contributed by atoms with Gasteiger partial charge in [-0.1, -0.05) is 19.1 Å². The van der Waals surface area contributed by atoms with E-state index in [0.29, 0.717) is 19.6 Å². The van der Waals surface area contributed by atoms with Crippen LogP contribution >= 0.6 is 0 Å². The summed E-state index contributed by atoms with van der Waals surface area (Å²) in [4.78, 5) is 11.7. The number of hydrogen-bond donors (Lipinski definition) is 1. The molecule has 6 nitrogen and oxygen atoms in total. The number of carbonyl (C=O) groups excluding carboxylic acids is 1. The Hall–Kier alpha value is -1.69. The van der Waals surface area contributed by atoms with Gasteiger partial charge in [-0.2, -0.15) is 0 Å². The number of hydrogen-bond acceptors (Lipinski definition) is 4. The number of methoxy groups -OCH3 is 1. The highest BCUT2D eigenvalue weighted by Gasteiger charge is 2.14. The molecule has 1 aromatic heterocycles. The fourth-order valence-corrected chi connectivity index (χ4v) is 1.68. The van der Waals surface area contributed by atoms with E-state index in [-0.39, 0.29) is 11.9 Å². The SMILES string of the molecule is CCC=CCC(=O)NC(C)c1nncn1CCOC. The van der Waals surface area contributed by atoms with Crippen molar-refractivity contribution in [1.82, 2.24) is 20.1 Å². The summed E-state index contributed by atoms with van der Waals surface area (Å²) in [5.41, 5.74) is 0. The minimum atomic E-state index is -0.165. The standard InChI is InChI=1S/C13H22N4O2/c1-4-5-6-7-12(18)15-11(2)13-16-14-10-17(13)8-9-19-3/h5-6,10-11H,4,7-9H2,1-3H3,(H,15,18). The maximum absolute atomic E-state index is 11.7. The van der Waals surface area contributed by atoms with Crippen LogP contribution in [0.25, 0.3) is 0 Å². The Labute approximate surface area is 113 Å². The van der Waals surface area contributed by atoms with Crippen molar-refractivity contribution >= 4 is 5.91 Å². The van der Waals surface area contributed by atoms with Crippen molar-refractivity contribution in [3.63, 3.8) is 0 Å². The first kappa shape index (κ1) is 15.4. The lowest BCUT2D eigenvalue weighted by Gasteiger charge is -2.14. The van der Waals surface area contributed by atoms with Crippen LogP contribution < -0.4 is 5.32 Å². The fraction of sp³-hybridized carbons (Fsp3) is 0.615. The van der Waals surface area contributed by atoms with E-state index < -0.39 is 0 Å². The average molecular weight is 266 g/mol. The van der Waals surface area contributed by atoms with Crippen molar-refractivity contribution in [3.05, 3.63) is 24.3 Å². The summed E-state index contributed by atoms with van der Waals surface area (Å²) < 4.78 is 6.91. The van der Waals surface area contributed by atoms with Crippen molar-refractivity contribution < 1.29 is 9.53 Å². The van der Waals surface area contributed by atoms with Crippen molar-refractivity contribution in [3.8, 4) is 0 Å². The zero-order valence-electron chi connectivity index (χ0n) is 11.8. The second-order valence-corrected chi connectivity index (χ2v) is 4.25. The number of nitrogens with one attached hydrogen (secondary N) is 1. The molecule has 19 heavy (non-hydrogen) atoms. The molecule has 0 radical (unpaired) electrons. The molecular weight excluding hydrogens is 244 g/mol. The van der Waals surface area contributed by atoms with Gasteiger partial charge in [-0.15, -0.1) is 10.2 Å². The van der Waals surface area contributed by atoms with Crippen LogP contribution in [0.4, 0.5) is 0 Å². The summed E-state index contributed by atoms with van der Waals surface area (Å²) in [5.74, 6) is 0.725. The smallest absolute Gasteiger partial charge is 0.224 e. The molecule has 0 fully saturated rings. The predicted molar refractivity (Wildman–Crippen MR) is 72.5 cm³/mol. The zero-order chi connectivity index (χ0) is 14.1. The molecule has 0 aliphatic carbocycles. The summed E-state index contributed by atoms with van der Waals surface area (Å²) in [7, 11) is 1.65.